The first kappa shape index (κ1) is 23.0. The SMILES string of the molecule is Cc1cc(C=NNC(=O)c2cccc(C(F)(F)F)c2)c(C)n1-n1c(C)nc2ccccc2c1=O. The van der Waals surface area contributed by atoms with Crippen molar-refractivity contribution in [3.63, 3.8) is 0 Å². The van der Waals surface area contributed by atoms with E-state index in [0.717, 1.165) is 23.9 Å². The van der Waals surface area contributed by atoms with Gasteiger partial charge in [-0.25, -0.2) is 10.4 Å². The van der Waals surface area contributed by atoms with E-state index in [2.05, 4.69) is 15.5 Å². The van der Waals surface area contributed by atoms with Gasteiger partial charge in [0.1, 0.15) is 5.82 Å². The van der Waals surface area contributed by atoms with Crippen LogP contribution < -0.4 is 11.0 Å². The Morgan fingerprint density at radius 3 is 2.50 bits per heavy atom. The van der Waals surface area contributed by atoms with E-state index in [0.29, 0.717) is 28.0 Å². The number of carbonyl (C=O) groups excluding carboxylic acids is 1. The number of carbonyl (C=O) groups is 1. The van der Waals surface area contributed by atoms with Crippen LogP contribution in [-0.4, -0.2) is 26.5 Å². The van der Waals surface area contributed by atoms with Gasteiger partial charge in [0, 0.05) is 22.5 Å². The number of alkyl halides is 3. The number of para-hydroxylation sites is 1. The van der Waals surface area contributed by atoms with Crippen molar-refractivity contribution in [3.05, 3.63) is 98.9 Å². The summed E-state index contributed by atoms with van der Waals surface area (Å²) in [6.07, 6.45) is -3.18. The zero-order valence-electron chi connectivity index (χ0n) is 18.5. The van der Waals surface area contributed by atoms with E-state index < -0.39 is 17.6 Å². The summed E-state index contributed by atoms with van der Waals surface area (Å²) in [5, 5.41) is 4.37. The van der Waals surface area contributed by atoms with Gasteiger partial charge in [0.15, 0.2) is 0 Å². The summed E-state index contributed by atoms with van der Waals surface area (Å²) >= 11 is 0. The molecule has 0 saturated heterocycles. The lowest BCUT2D eigenvalue weighted by atomic mass is 10.1. The summed E-state index contributed by atoms with van der Waals surface area (Å²) in [7, 11) is 0. The molecule has 0 unspecified atom stereocenters. The van der Waals surface area contributed by atoms with Crippen LogP contribution in [0.2, 0.25) is 0 Å². The summed E-state index contributed by atoms with van der Waals surface area (Å²) in [6.45, 7) is 5.33. The van der Waals surface area contributed by atoms with Crippen molar-refractivity contribution in [2.45, 2.75) is 26.9 Å². The highest BCUT2D eigenvalue weighted by molar-refractivity contribution is 5.95. The van der Waals surface area contributed by atoms with E-state index in [1.165, 1.54) is 17.0 Å². The Kier molecular flexibility index (Phi) is 5.82. The molecule has 7 nitrogen and oxygen atoms in total. The van der Waals surface area contributed by atoms with Gasteiger partial charge in [-0.15, -0.1) is 0 Å². The van der Waals surface area contributed by atoms with Crippen LogP contribution in [0.1, 0.15) is 38.7 Å². The zero-order chi connectivity index (χ0) is 24.6. The van der Waals surface area contributed by atoms with E-state index in [-0.39, 0.29) is 11.1 Å². The first-order valence-electron chi connectivity index (χ1n) is 10.3. The number of amides is 1. The Morgan fingerprint density at radius 1 is 1.03 bits per heavy atom. The van der Waals surface area contributed by atoms with Gasteiger partial charge >= 0.3 is 6.18 Å². The lowest BCUT2D eigenvalue weighted by Crippen LogP contribution is -2.30. The molecule has 10 heteroatoms. The van der Waals surface area contributed by atoms with Crippen LogP contribution in [0, 0.1) is 20.8 Å². The Morgan fingerprint density at radius 2 is 1.76 bits per heavy atom. The maximum Gasteiger partial charge on any atom is 0.416 e. The molecule has 0 aliphatic rings. The van der Waals surface area contributed by atoms with Gasteiger partial charge in [-0.1, -0.05) is 18.2 Å². The Labute approximate surface area is 192 Å². The molecule has 0 spiro atoms. The lowest BCUT2D eigenvalue weighted by molar-refractivity contribution is -0.137. The number of hydrogen-bond acceptors (Lipinski definition) is 4. The number of fused-ring (bicyclic) bond motifs is 1. The third kappa shape index (κ3) is 4.21. The van der Waals surface area contributed by atoms with E-state index in [9.17, 15) is 22.8 Å². The molecule has 1 N–H and O–H groups in total. The predicted molar refractivity (Wildman–Crippen MR) is 122 cm³/mol. The van der Waals surface area contributed by atoms with E-state index in [1.807, 2.05) is 13.0 Å². The molecule has 0 atom stereocenters. The van der Waals surface area contributed by atoms with Crippen LogP contribution in [0.3, 0.4) is 0 Å². The minimum Gasteiger partial charge on any atom is -0.267 e. The minimum absolute atomic E-state index is 0.165. The molecule has 0 fully saturated rings. The number of aryl methyl sites for hydroxylation is 2. The quantitative estimate of drug-likeness (QED) is 0.361. The van der Waals surface area contributed by atoms with Crippen molar-refractivity contribution in [1.82, 2.24) is 19.8 Å². The van der Waals surface area contributed by atoms with Crippen LogP contribution >= 0.6 is 0 Å². The third-order valence-electron chi connectivity index (χ3n) is 5.37. The van der Waals surface area contributed by atoms with Crippen LogP contribution in [0.5, 0.6) is 0 Å². The maximum absolute atomic E-state index is 13.2. The fraction of sp³-hybridized carbons (Fsp3) is 0.167. The van der Waals surface area contributed by atoms with Gasteiger partial charge in [-0.2, -0.15) is 22.9 Å². The Bertz CT molecular complexity index is 1500. The highest BCUT2D eigenvalue weighted by Crippen LogP contribution is 2.29. The van der Waals surface area contributed by atoms with Crippen molar-refractivity contribution in [3.8, 4) is 0 Å². The first-order chi connectivity index (χ1) is 16.1. The standard InChI is InChI=1S/C24H20F3N5O2/c1-14-11-18(13-28-30-22(33)17-7-6-8-19(12-17)24(25,26)27)15(2)31(14)32-16(3)29-21-10-5-4-9-20(21)23(32)34/h4-13H,1-3H3,(H,30,33). The molecule has 1 amide bonds. The number of nitrogens with zero attached hydrogens (tertiary/aromatic N) is 4. The van der Waals surface area contributed by atoms with Crippen molar-refractivity contribution < 1.29 is 18.0 Å². The second-order valence-electron chi connectivity index (χ2n) is 7.71. The highest BCUT2D eigenvalue weighted by atomic mass is 19.4. The van der Waals surface area contributed by atoms with Crippen LogP contribution in [0.15, 0.2) is 64.5 Å². The first-order valence-corrected chi connectivity index (χ1v) is 10.3. The van der Waals surface area contributed by atoms with Gasteiger partial charge in [0.05, 0.1) is 22.7 Å². The van der Waals surface area contributed by atoms with Crippen LogP contribution in [-0.2, 0) is 6.18 Å². The summed E-state index contributed by atoms with van der Waals surface area (Å²) in [4.78, 5) is 29.9. The Hall–Kier alpha value is -4.21. The van der Waals surface area contributed by atoms with Crippen molar-refractivity contribution in [1.29, 1.82) is 0 Å². The van der Waals surface area contributed by atoms with Gasteiger partial charge in [-0.05, 0) is 57.2 Å². The van der Waals surface area contributed by atoms with Gasteiger partial charge in [-0.3, -0.25) is 14.3 Å². The monoisotopic (exact) mass is 467 g/mol. The molecule has 0 aliphatic carbocycles. The largest absolute Gasteiger partial charge is 0.416 e. The minimum atomic E-state index is -4.55. The van der Waals surface area contributed by atoms with Crippen molar-refractivity contribution in [2.75, 3.05) is 0 Å². The summed E-state index contributed by atoms with van der Waals surface area (Å²) < 4.78 is 41.8. The molecule has 174 valence electrons. The van der Waals surface area contributed by atoms with Gasteiger partial charge < -0.3 is 0 Å². The molecule has 2 aromatic heterocycles. The number of rotatable bonds is 4. The fourth-order valence-electron chi connectivity index (χ4n) is 3.75. The maximum atomic E-state index is 13.2. The second-order valence-corrected chi connectivity index (χ2v) is 7.71. The van der Waals surface area contributed by atoms with E-state index in [1.54, 1.807) is 42.8 Å². The molecule has 0 saturated carbocycles. The molecule has 4 aromatic rings. The van der Waals surface area contributed by atoms with Gasteiger partial charge in [0.2, 0.25) is 0 Å². The molecule has 0 radical (unpaired) electrons. The van der Waals surface area contributed by atoms with Gasteiger partial charge in [0.25, 0.3) is 11.5 Å². The number of hydrogen-bond donors (Lipinski definition) is 1. The fourth-order valence-corrected chi connectivity index (χ4v) is 3.75. The number of benzene rings is 2. The number of aromatic nitrogens is 3. The molecule has 4 rings (SSSR count). The average Bonchev–Trinajstić information content (AvgIpc) is 3.06. The smallest absolute Gasteiger partial charge is 0.267 e. The predicted octanol–water partition coefficient (Wildman–Crippen LogP) is 4.22. The highest BCUT2D eigenvalue weighted by Gasteiger charge is 2.30. The van der Waals surface area contributed by atoms with Crippen LogP contribution in [0.4, 0.5) is 13.2 Å². The molecule has 0 bridgehead atoms. The molecule has 34 heavy (non-hydrogen) atoms. The summed E-state index contributed by atoms with van der Waals surface area (Å²) in [5.41, 5.74) is 3.53. The second kappa shape index (κ2) is 8.62. The molecular weight excluding hydrogens is 447 g/mol. The summed E-state index contributed by atoms with van der Waals surface area (Å²) in [6, 6.07) is 12.9. The normalized spacial score (nSPS) is 11.9. The number of halogens is 3. The lowest BCUT2D eigenvalue weighted by Gasteiger charge is -2.16. The van der Waals surface area contributed by atoms with Crippen molar-refractivity contribution in [2.24, 2.45) is 5.10 Å². The van der Waals surface area contributed by atoms with E-state index in [4.69, 9.17) is 0 Å². The Balaban J connectivity index is 1.63. The molecule has 2 aromatic carbocycles. The molecule has 2 heterocycles. The molecular formula is C24H20F3N5O2. The molecule has 0 aliphatic heterocycles. The number of nitrogens with one attached hydrogen (secondary N) is 1. The van der Waals surface area contributed by atoms with Crippen LogP contribution in [0.25, 0.3) is 10.9 Å². The summed E-state index contributed by atoms with van der Waals surface area (Å²) in [5.74, 6) is -0.284. The van der Waals surface area contributed by atoms with E-state index >= 15 is 0 Å². The average molecular weight is 467 g/mol. The number of hydrazone groups is 1. The zero-order valence-corrected chi connectivity index (χ0v) is 18.5. The third-order valence-corrected chi connectivity index (χ3v) is 5.37. The van der Waals surface area contributed by atoms with Crippen molar-refractivity contribution >= 4 is 23.0 Å². The topological polar surface area (TPSA) is 81.3 Å².